The second kappa shape index (κ2) is 7.72. The molecule has 1 aliphatic rings. The number of thioether (sulfide) groups is 1. The minimum absolute atomic E-state index is 0.113. The molecular formula is C12H20O6S. The van der Waals surface area contributed by atoms with E-state index in [1.54, 1.807) is 11.8 Å². The van der Waals surface area contributed by atoms with Gasteiger partial charge in [0.25, 0.3) is 0 Å². The summed E-state index contributed by atoms with van der Waals surface area (Å²) < 4.78 is 21.1. The summed E-state index contributed by atoms with van der Waals surface area (Å²) >= 11 is 1.59. The summed E-state index contributed by atoms with van der Waals surface area (Å²) in [4.78, 5) is 22.0. The molecule has 6 nitrogen and oxygen atoms in total. The standard InChI is InChI=1S/C12H20O6S/c1-5-19-11-9(6-16-7(2)13)18-12(15-4)10(11)17-8(3)14/h9-12H,5-6H2,1-4H3/t9-,10-,11+,12-/m1/s1. The molecule has 0 spiro atoms. The van der Waals surface area contributed by atoms with Crippen molar-refractivity contribution in [1.82, 2.24) is 0 Å². The molecule has 1 rings (SSSR count). The molecule has 4 atom stereocenters. The van der Waals surface area contributed by atoms with Crippen molar-refractivity contribution < 1.29 is 28.5 Å². The second-order valence-electron chi connectivity index (χ2n) is 4.08. The van der Waals surface area contributed by atoms with Crippen molar-refractivity contribution in [1.29, 1.82) is 0 Å². The maximum atomic E-state index is 11.2. The average Bonchev–Trinajstić information content (AvgIpc) is 2.65. The summed E-state index contributed by atoms with van der Waals surface area (Å²) in [5.74, 6) is 0.0814. The Labute approximate surface area is 117 Å². The van der Waals surface area contributed by atoms with Crippen LogP contribution < -0.4 is 0 Å². The number of rotatable bonds is 6. The van der Waals surface area contributed by atoms with E-state index in [1.165, 1.54) is 21.0 Å². The van der Waals surface area contributed by atoms with Crippen LogP contribution in [0.15, 0.2) is 0 Å². The summed E-state index contributed by atoms with van der Waals surface area (Å²) in [5.41, 5.74) is 0. The number of methoxy groups -OCH3 is 1. The maximum Gasteiger partial charge on any atom is 0.303 e. The number of hydrogen-bond acceptors (Lipinski definition) is 7. The molecule has 19 heavy (non-hydrogen) atoms. The number of esters is 2. The van der Waals surface area contributed by atoms with Gasteiger partial charge in [0, 0.05) is 21.0 Å². The summed E-state index contributed by atoms with van der Waals surface area (Å²) in [6, 6.07) is 0. The zero-order valence-corrected chi connectivity index (χ0v) is 12.4. The Morgan fingerprint density at radius 2 is 1.95 bits per heavy atom. The van der Waals surface area contributed by atoms with E-state index in [2.05, 4.69) is 0 Å². The number of carbonyl (C=O) groups is 2. The van der Waals surface area contributed by atoms with Crippen molar-refractivity contribution in [2.45, 2.75) is 44.5 Å². The van der Waals surface area contributed by atoms with Crippen molar-refractivity contribution in [2.24, 2.45) is 0 Å². The van der Waals surface area contributed by atoms with Crippen LogP contribution in [0.1, 0.15) is 20.8 Å². The Morgan fingerprint density at radius 1 is 1.26 bits per heavy atom. The van der Waals surface area contributed by atoms with Crippen LogP contribution in [-0.2, 0) is 28.5 Å². The van der Waals surface area contributed by atoms with Crippen LogP contribution in [0.3, 0.4) is 0 Å². The maximum absolute atomic E-state index is 11.2. The molecule has 0 amide bonds. The molecule has 0 saturated carbocycles. The fraction of sp³-hybridized carbons (Fsp3) is 0.833. The number of ether oxygens (including phenoxy) is 4. The minimum atomic E-state index is -0.631. The SMILES string of the molecule is CCS[C@@H]1[C@@H](OC(C)=O)[C@H](OC)O[C@@H]1COC(C)=O. The van der Waals surface area contributed by atoms with Gasteiger partial charge in [0.05, 0.1) is 5.25 Å². The monoisotopic (exact) mass is 292 g/mol. The molecule has 0 unspecified atom stereocenters. The van der Waals surface area contributed by atoms with Crippen LogP contribution in [0.5, 0.6) is 0 Å². The minimum Gasteiger partial charge on any atom is -0.463 e. The van der Waals surface area contributed by atoms with Crippen molar-refractivity contribution in [3.8, 4) is 0 Å². The molecule has 0 aromatic heterocycles. The Morgan fingerprint density at radius 3 is 2.42 bits per heavy atom. The molecule has 1 saturated heterocycles. The Hall–Kier alpha value is -0.790. The van der Waals surface area contributed by atoms with E-state index in [1.807, 2.05) is 6.92 Å². The van der Waals surface area contributed by atoms with Crippen molar-refractivity contribution in [3.63, 3.8) is 0 Å². The number of hydrogen-bond donors (Lipinski definition) is 0. The molecular weight excluding hydrogens is 272 g/mol. The van der Waals surface area contributed by atoms with Gasteiger partial charge in [-0.05, 0) is 5.75 Å². The molecule has 0 N–H and O–H groups in total. The fourth-order valence-corrected chi connectivity index (χ4v) is 3.04. The van der Waals surface area contributed by atoms with Crippen LogP contribution in [0, 0.1) is 0 Å². The largest absolute Gasteiger partial charge is 0.463 e. The summed E-state index contributed by atoms with van der Waals surface area (Å²) in [7, 11) is 1.49. The predicted octanol–water partition coefficient (Wildman–Crippen LogP) is 0.974. The lowest BCUT2D eigenvalue weighted by molar-refractivity contribution is -0.179. The summed E-state index contributed by atoms with van der Waals surface area (Å²) in [5, 5.41) is -0.113. The third-order valence-corrected chi connectivity index (χ3v) is 3.90. The highest BCUT2D eigenvalue weighted by Crippen LogP contribution is 2.33. The zero-order valence-electron chi connectivity index (χ0n) is 11.6. The van der Waals surface area contributed by atoms with E-state index < -0.39 is 12.4 Å². The average molecular weight is 292 g/mol. The predicted molar refractivity (Wildman–Crippen MR) is 69.8 cm³/mol. The fourth-order valence-electron chi connectivity index (χ4n) is 1.93. The molecule has 1 aliphatic heterocycles. The molecule has 7 heteroatoms. The first-order chi connectivity index (χ1) is 8.99. The molecule has 110 valence electrons. The van der Waals surface area contributed by atoms with E-state index in [4.69, 9.17) is 18.9 Å². The van der Waals surface area contributed by atoms with Crippen LogP contribution in [0.4, 0.5) is 0 Å². The first kappa shape index (κ1) is 16.3. The molecule has 0 bridgehead atoms. The van der Waals surface area contributed by atoms with E-state index in [-0.39, 0.29) is 29.9 Å². The lowest BCUT2D eigenvalue weighted by atomic mass is 10.2. The van der Waals surface area contributed by atoms with Crippen molar-refractivity contribution in [2.75, 3.05) is 19.5 Å². The van der Waals surface area contributed by atoms with Gasteiger partial charge in [0.15, 0.2) is 12.4 Å². The highest BCUT2D eigenvalue weighted by molar-refractivity contribution is 8.00. The highest BCUT2D eigenvalue weighted by atomic mass is 32.2. The lowest BCUT2D eigenvalue weighted by Gasteiger charge is -2.22. The van der Waals surface area contributed by atoms with Gasteiger partial charge < -0.3 is 18.9 Å². The first-order valence-corrected chi connectivity index (χ1v) is 7.14. The molecule has 1 heterocycles. The van der Waals surface area contributed by atoms with E-state index in [9.17, 15) is 9.59 Å². The van der Waals surface area contributed by atoms with E-state index in [0.717, 1.165) is 5.75 Å². The third kappa shape index (κ3) is 4.67. The van der Waals surface area contributed by atoms with Crippen LogP contribution in [0.25, 0.3) is 0 Å². The normalized spacial score (nSPS) is 30.1. The van der Waals surface area contributed by atoms with Gasteiger partial charge in [-0.1, -0.05) is 6.92 Å². The van der Waals surface area contributed by atoms with Crippen LogP contribution in [0.2, 0.25) is 0 Å². The van der Waals surface area contributed by atoms with Crippen LogP contribution >= 0.6 is 11.8 Å². The Bertz CT molecular complexity index is 321. The molecule has 1 fully saturated rings. The van der Waals surface area contributed by atoms with Crippen molar-refractivity contribution >= 4 is 23.7 Å². The van der Waals surface area contributed by atoms with E-state index in [0.29, 0.717) is 0 Å². The highest BCUT2D eigenvalue weighted by Gasteiger charge is 2.47. The Kier molecular flexibility index (Phi) is 6.60. The second-order valence-corrected chi connectivity index (χ2v) is 5.53. The van der Waals surface area contributed by atoms with Crippen LogP contribution in [-0.4, -0.2) is 55.2 Å². The lowest BCUT2D eigenvalue weighted by Crippen LogP contribution is -2.36. The number of carbonyl (C=O) groups excluding carboxylic acids is 2. The zero-order chi connectivity index (χ0) is 14.4. The Balaban J connectivity index is 2.74. The van der Waals surface area contributed by atoms with Gasteiger partial charge in [0.2, 0.25) is 0 Å². The first-order valence-electron chi connectivity index (χ1n) is 6.10. The van der Waals surface area contributed by atoms with Gasteiger partial charge >= 0.3 is 11.9 Å². The van der Waals surface area contributed by atoms with Gasteiger partial charge in [-0.15, -0.1) is 0 Å². The molecule has 0 aromatic carbocycles. The third-order valence-electron chi connectivity index (χ3n) is 2.61. The summed E-state index contributed by atoms with van der Waals surface area (Å²) in [6.45, 7) is 4.82. The summed E-state index contributed by atoms with van der Waals surface area (Å²) in [6.07, 6.45) is -1.47. The van der Waals surface area contributed by atoms with E-state index >= 15 is 0 Å². The molecule has 0 aliphatic carbocycles. The molecule has 0 radical (unpaired) electrons. The van der Waals surface area contributed by atoms with Gasteiger partial charge in [-0.2, -0.15) is 11.8 Å². The van der Waals surface area contributed by atoms with Gasteiger partial charge in [0.1, 0.15) is 12.7 Å². The molecule has 0 aromatic rings. The van der Waals surface area contributed by atoms with Gasteiger partial charge in [-0.25, -0.2) is 0 Å². The van der Waals surface area contributed by atoms with Crippen molar-refractivity contribution in [3.05, 3.63) is 0 Å². The topological polar surface area (TPSA) is 71.1 Å². The quantitative estimate of drug-likeness (QED) is 0.676. The van der Waals surface area contributed by atoms with Gasteiger partial charge in [-0.3, -0.25) is 9.59 Å². The smallest absolute Gasteiger partial charge is 0.303 e.